The van der Waals surface area contributed by atoms with Crippen LogP contribution in [0.4, 0.5) is 0 Å². The molecule has 0 radical (unpaired) electrons. The lowest BCUT2D eigenvalue weighted by Gasteiger charge is -2.40. The fraction of sp³-hybridized carbons (Fsp3) is 0.600. The summed E-state index contributed by atoms with van der Waals surface area (Å²) in [6.45, 7) is 7.74. The maximum atomic E-state index is 13.0. The summed E-state index contributed by atoms with van der Waals surface area (Å²) in [6, 6.07) is 8.62. The molecule has 1 aromatic carbocycles. The van der Waals surface area contributed by atoms with Gasteiger partial charge < -0.3 is 15.5 Å². The second kappa shape index (κ2) is 7.56. The van der Waals surface area contributed by atoms with Crippen LogP contribution in [-0.4, -0.2) is 48.9 Å². The van der Waals surface area contributed by atoms with Crippen LogP contribution in [-0.2, 0) is 4.79 Å². The van der Waals surface area contributed by atoms with Crippen LogP contribution in [0.25, 0.3) is 0 Å². The molecule has 0 saturated carbocycles. The molecule has 2 aliphatic rings. The van der Waals surface area contributed by atoms with Gasteiger partial charge in [-0.1, -0.05) is 32.0 Å². The number of nitrogens with one attached hydrogen (secondary N) is 2. The van der Waals surface area contributed by atoms with Gasteiger partial charge in [-0.2, -0.15) is 0 Å². The van der Waals surface area contributed by atoms with E-state index in [1.165, 1.54) is 6.42 Å². The molecule has 2 fully saturated rings. The molecule has 2 N–H and O–H groups in total. The Morgan fingerprint density at radius 2 is 1.80 bits per heavy atom. The van der Waals surface area contributed by atoms with Gasteiger partial charge in [0.2, 0.25) is 5.91 Å². The number of carbonyl (C=O) groups excluding carboxylic acids is 2. The largest absolute Gasteiger partial charge is 0.341 e. The lowest BCUT2D eigenvalue weighted by Crippen LogP contribution is -2.54. The lowest BCUT2D eigenvalue weighted by atomic mass is 9.77. The molecule has 2 saturated heterocycles. The highest BCUT2D eigenvalue weighted by Gasteiger charge is 2.39. The molecular formula is C20H29N3O2. The molecule has 1 spiro atoms. The van der Waals surface area contributed by atoms with Gasteiger partial charge in [0.1, 0.15) is 6.04 Å². The van der Waals surface area contributed by atoms with Crippen molar-refractivity contribution in [2.24, 2.45) is 11.3 Å². The van der Waals surface area contributed by atoms with Crippen molar-refractivity contribution in [3.05, 3.63) is 35.9 Å². The summed E-state index contributed by atoms with van der Waals surface area (Å²) >= 11 is 0. The van der Waals surface area contributed by atoms with E-state index >= 15 is 0 Å². The van der Waals surface area contributed by atoms with E-state index in [4.69, 9.17) is 0 Å². The predicted octanol–water partition coefficient (Wildman–Crippen LogP) is 2.04. The van der Waals surface area contributed by atoms with Gasteiger partial charge in [-0.05, 0) is 49.3 Å². The van der Waals surface area contributed by atoms with Crippen LogP contribution in [0.5, 0.6) is 0 Å². The standard InChI is InChI=1S/C20H29N3O2/c1-15(2)17(22-18(24)16-6-4-3-5-7-16)19(25)23-12-9-20(10-13-23)8-11-21-14-20/h3-7,15,17,21H,8-14H2,1-2H3,(H,22,24). The summed E-state index contributed by atoms with van der Waals surface area (Å²) in [7, 11) is 0. The molecule has 5 heteroatoms. The molecule has 0 bridgehead atoms. The van der Waals surface area contributed by atoms with Crippen LogP contribution in [0.1, 0.15) is 43.5 Å². The second-order valence-electron chi connectivity index (χ2n) is 7.81. The highest BCUT2D eigenvalue weighted by atomic mass is 16.2. The normalized spacial score (nSPS) is 20.7. The molecule has 1 aromatic rings. The van der Waals surface area contributed by atoms with E-state index in [0.29, 0.717) is 11.0 Å². The Morgan fingerprint density at radius 1 is 1.12 bits per heavy atom. The molecule has 5 nitrogen and oxygen atoms in total. The summed E-state index contributed by atoms with van der Waals surface area (Å²) in [6.07, 6.45) is 3.33. The van der Waals surface area contributed by atoms with Crippen molar-refractivity contribution in [1.82, 2.24) is 15.5 Å². The van der Waals surface area contributed by atoms with Crippen molar-refractivity contribution in [1.29, 1.82) is 0 Å². The minimum atomic E-state index is -0.469. The maximum Gasteiger partial charge on any atom is 0.251 e. The van der Waals surface area contributed by atoms with Crippen molar-refractivity contribution in [2.75, 3.05) is 26.2 Å². The molecule has 2 heterocycles. The molecule has 3 rings (SSSR count). The Morgan fingerprint density at radius 3 is 2.36 bits per heavy atom. The van der Waals surface area contributed by atoms with Crippen molar-refractivity contribution >= 4 is 11.8 Å². The smallest absolute Gasteiger partial charge is 0.251 e. The Labute approximate surface area is 150 Å². The SMILES string of the molecule is CC(C)C(NC(=O)c1ccccc1)C(=O)N1CCC2(CCNC2)CC1. The molecule has 1 atom stereocenters. The van der Waals surface area contributed by atoms with Gasteiger partial charge in [-0.25, -0.2) is 0 Å². The number of likely N-dealkylation sites (tertiary alicyclic amines) is 1. The van der Waals surface area contributed by atoms with E-state index in [1.807, 2.05) is 36.9 Å². The van der Waals surface area contributed by atoms with E-state index < -0.39 is 6.04 Å². The Balaban J connectivity index is 1.62. The van der Waals surface area contributed by atoms with E-state index in [-0.39, 0.29) is 17.7 Å². The Bertz CT molecular complexity index is 599. The van der Waals surface area contributed by atoms with Gasteiger partial charge in [0.25, 0.3) is 5.91 Å². The number of carbonyl (C=O) groups is 2. The average molecular weight is 343 g/mol. The first kappa shape index (κ1) is 17.9. The third kappa shape index (κ3) is 4.03. The van der Waals surface area contributed by atoms with Crippen LogP contribution in [0.2, 0.25) is 0 Å². The Kier molecular flexibility index (Phi) is 5.42. The summed E-state index contributed by atoms with van der Waals surface area (Å²) < 4.78 is 0. The Hall–Kier alpha value is -1.88. The fourth-order valence-electron chi connectivity index (χ4n) is 3.95. The summed E-state index contributed by atoms with van der Waals surface area (Å²) in [5.41, 5.74) is 0.979. The highest BCUT2D eigenvalue weighted by molar-refractivity contribution is 5.97. The zero-order chi connectivity index (χ0) is 17.9. The predicted molar refractivity (Wildman–Crippen MR) is 98.3 cm³/mol. The number of hydrogen-bond acceptors (Lipinski definition) is 3. The zero-order valence-electron chi connectivity index (χ0n) is 15.3. The van der Waals surface area contributed by atoms with Gasteiger partial charge >= 0.3 is 0 Å². The molecule has 1 unspecified atom stereocenters. The average Bonchev–Trinajstić information content (AvgIpc) is 3.08. The van der Waals surface area contributed by atoms with Gasteiger partial charge in [-0.3, -0.25) is 9.59 Å². The van der Waals surface area contributed by atoms with E-state index in [9.17, 15) is 9.59 Å². The summed E-state index contributed by atoms with van der Waals surface area (Å²) in [5.74, 6) is -0.0644. The van der Waals surface area contributed by atoms with E-state index in [2.05, 4.69) is 10.6 Å². The molecule has 2 aliphatic heterocycles. The van der Waals surface area contributed by atoms with Gasteiger partial charge in [0, 0.05) is 25.2 Å². The van der Waals surface area contributed by atoms with Crippen LogP contribution in [0, 0.1) is 11.3 Å². The highest BCUT2D eigenvalue weighted by Crippen LogP contribution is 2.37. The van der Waals surface area contributed by atoms with Crippen molar-refractivity contribution < 1.29 is 9.59 Å². The van der Waals surface area contributed by atoms with Gasteiger partial charge in [-0.15, -0.1) is 0 Å². The molecule has 0 aromatic heterocycles. The topological polar surface area (TPSA) is 61.4 Å². The number of amides is 2. The summed E-state index contributed by atoms with van der Waals surface area (Å²) in [4.78, 5) is 27.4. The maximum absolute atomic E-state index is 13.0. The monoisotopic (exact) mass is 343 g/mol. The second-order valence-corrected chi connectivity index (χ2v) is 7.81. The van der Waals surface area contributed by atoms with E-state index in [0.717, 1.165) is 39.0 Å². The third-order valence-electron chi connectivity index (χ3n) is 5.72. The number of benzene rings is 1. The fourth-order valence-corrected chi connectivity index (χ4v) is 3.95. The van der Waals surface area contributed by atoms with Crippen molar-refractivity contribution in [3.63, 3.8) is 0 Å². The third-order valence-corrected chi connectivity index (χ3v) is 5.72. The first-order valence-corrected chi connectivity index (χ1v) is 9.36. The lowest BCUT2D eigenvalue weighted by molar-refractivity contribution is -0.136. The number of nitrogens with zero attached hydrogens (tertiary/aromatic N) is 1. The van der Waals surface area contributed by atoms with Gasteiger partial charge in [0.05, 0.1) is 0 Å². The number of piperidine rings is 1. The van der Waals surface area contributed by atoms with Crippen molar-refractivity contribution in [2.45, 2.75) is 39.2 Å². The van der Waals surface area contributed by atoms with Crippen LogP contribution in [0.3, 0.4) is 0 Å². The zero-order valence-corrected chi connectivity index (χ0v) is 15.3. The number of hydrogen-bond donors (Lipinski definition) is 2. The molecule has 25 heavy (non-hydrogen) atoms. The van der Waals surface area contributed by atoms with Crippen LogP contribution >= 0.6 is 0 Å². The van der Waals surface area contributed by atoms with E-state index in [1.54, 1.807) is 12.1 Å². The molecule has 2 amide bonds. The summed E-state index contributed by atoms with van der Waals surface area (Å²) in [5, 5.41) is 6.40. The minimum Gasteiger partial charge on any atom is -0.341 e. The molecule has 0 aliphatic carbocycles. The molecular weight excluding hydrogens is 314 g/mol. The first-order valence-electron chi connectivity index (χ1n) is 9.36. The van der Waals surface area contributed by atoms with Crippen LogP contribution in [0.15, 0.2) is 30.3 Å². The quantitative estimate of drug-likeness (QED) is 0.879. The molecule has 136 valence electrons. The minimum absolute atomic E-state index is 0.0556. The first-order chi connectivity index (χ1) is 12.0. The number of rotatable bonds is 4. The van der Waals surface area contributed by atoms with Gasteiger partial charge in [0.15, 0.2) is 0 Å². The van der Waals surface area contributed by atoms with Crippen molar-refractivity contribution in [3.8, 4) is 0 Å². The van der Waals surface area contributed by atoms with Crippen LogP contribution < -0.4 is 10.6 Å².